The van der Waals surface area contributed by atoms with Gasteiger partial charge >= 0.3 is 5.97 Å². The first-order valence-electron chi connectivity index (χ1n) is 6.92. The number of aliphatic hydroxyl groups is 1. The van der Waals surface area contributed by atoms with Gasteiger partial charge in [-0.1, -0.05) is 17.7 Å². The molecule has 0 aromatic heterocycles. The largest absolute Gasteiger partial charge is 0.496 e. The van der Waals surface area contributed by atoms with Crippen LogP contribution in [-0.4, -0.2) is 52.8 Å². The lowest BCUT2D eigenvalue weighted by Gasteiger charge is -2.35. The summed E-state index contributed by atoms with van der Waals surface area (Å²) in [5.74, 6) is -0.869. The summed E-state index contributed by atoms with van der Waals surface area (Å²) in [5, 5.41) is 19.3. The highest BCUT2D eigenvalue weighted by Gasteiger charge is 2.40. The Morgan fingerprint density at radius 2 is 2.00 bits per heavy atom. The van der Waals surface area contributed by atoms with Crippen LogP contribution in [0.3, 0.4) is 0 Å². The van der Waals surface area contributed by atoms with Crippen molar-refractivity contribution in [1.82, 2.24) is 4.90 Å². The van der Waals surface area contributed by atoms with Gasteiger partial charge in [-0.05, 0) is 12.1 Å². The van der Waals surface area contributed by atoms with Crippen molar-refractivity contribution in [3.05, 3.63) is 28.8 Å². The molecular weight excluding hydrogens is 310 g/mol. The fraction of sp³-hybridized carbons (Fsp3) is 0.467. The number of carboxylic acids is 1. The van der Waals surface area contributed by atoms with Crippen LogP contribution >= 0.6 is 11.6 Å². The van der Waals surface area contributed by atoms with Crippen molar-refractivity contribution >= 4 is 23.5 Å². The molecule has 1 amide bonds. The van der Waals surface area contributed by atoms with E-state index in [0.29, 0.717) is 16.3 Å². The fourth-order valence-electron chi connectivity index (χ4n) is 2.50. The minimum Gasteiger partial charge on any atom is -0.496 e. The maximum Gasteiger partial charge on any atom is 0.335 e. The Morgan fingerprint density at radius 1 is 1.36 bits per heavy atom. The van der Waals surface area contributed by atoms with Gasteiger partial charge in [-0.15, -0.1) is 0 Å². The van der Waals surface area contributed by atoms with Crippen LogP contribution in [0.25, 0.3) is 0 Å². The van der Waals surface area contributed by atoms with Crippen LogP contribution in [0.4, 0.5) is 0 Å². The molecule has 1 aliphatic heterocycles. The molecule has 6 nitrogen and oxygen atoms in total. The number of aliphatic carboxylic acids is 1. The maximum absolute atomic E-state index is 12.4. The van der Waals surface area contributed by atoms with Crippen LogP contribution in [0.5, 0.6) is 5.75 Å². The van der Waals surface area contributed by atoms with Gasteiger partial charge in [-0.2, -0.15) is 0 Å². The average molecular weight is 328 g/mol. The van der Waals surface area contributed by atoms with E-state index in [2.05, 4.69) is 0 Å². The van der Waals surface area contributed by atoms with E-state index in [1.54, 1.807) is 23.1 Å². The first-order valence-corrected chi connectivity index (χ1v) is 7.30. The predicted molar refractivity (Wildman–Crippen MR) is 80.1 cm³/mol. The summed E-state index contributed by atoms with van der Waals surface area (Å²) in [6.45, 7) is 0.406. The van der Waals surface area contributed by atoms with E-state index in [0.717, 1.165) is 0 Å². The summed E-state index contributed by atoms with van der Waals surface area (Å²) in [4.78, 5) is 24.9. The molecule has 0 radical (unpaired) electrons. The van der Waals surface area contributed by atoms with Gasteiger partial charge in [0.05, 0.1) is 13.5 Å². The molecular formula is C15H18ClNO5. The highest BCUT2D eigenvalue weighted by molar-refractivity contribution is 6.31. The third-order valence-corrected chi connectivity index (χ3v) is 4.32. The first kappa shape index (κ1) is 16.6. The third-order valence-electron chi connectivity index (χ3n) is 3.97. The lowest BCUT2D eigenvalue weighted by molar-refractivity contribution is -0.165. The van der Waals surface area contributed by atoms with Crippen molar-refractivity contribution in [2.24, 2.45) is 0 Å². The zero-order chi connectivity index (χ0) is 16.3. The topological polar surface area (TPSA) is 87.1 Å². The van der Waals surface area contributed by atoms with Gasteiger partial charge in [0, 0.05) is 36.5 Å². The number of piperidine rings is 1. The summed E-state index contributed by atoms with van der Waals surface area (Å²) in [7, 11) is 1.51. The van der Waals surface area contributed by atoms with Crippen molar-refractivity contribution in [2.45, 2.75) is 24.9 Å². The SMILES string of the molecule is COc1cccc(Cl)c1CC(=O)N1CCC(O)(C(=O)O)CC1. The van der Waals surface area contributed by atoms with Crippen LogP contribution in [0.15, 0.2) is 18.2 Å². The predicted octanol–water partition coefficient (Wildman–Crippen LogP) is 1.33. The Balaban J connectivity index is 2.04. The van der Waals surface area contributed by atoms with Crippen molar-refractivity contribution in [3.8, 4) is 5.75 Å². The molecule has 1 aromatic rings. The van der Waals surface area contributed by atoms with Gasteiger partial charge in [0.25, 0.3) is 0 Å². The van der Waals surface area contributed by atoms with Crippen LogP contribution < -0.4 is 4.74 Å². The highest BCUT2D eigenvalue weighted by Crippen LogP contribution is 2.28. The maximum atomic E-state index is 12.4. The second-order valence-electron chi connectivity index (χ2n) is 5.31. The van der Waals surface area contributed by atoms with Crippen molar-refractivity contribution < 1.29 is 24.5 Å². The molecule has 1 aromatic carbocycles. The number of halogens is 1. The molecule has 0 atom stereocenters. The molecule has 0 bridgehead atoms. The number of ether oxygens (including phenoxy) is 1. The lowest BCUT2D eigenvalue weighted by Crippen LogP contribution is -2.51. The highest BCUT2D eigenvalue weighted by atomic mass is 35.5. The second-order valence-corrected chi connectivity index (χ2v) is 5.72. The number of carbonyl (C=O) groups is 2. The Bertz CT molecular complexity index is 581. The number of rotatable bonds is 4. The summed E-state index contributed by atoms with van der Waals surface area (Å²) < 4.78 is 5.21. The van der Waals surface area contributed by atoms with E-state index in [1.807, 2.05) is 0 Å². The van der Waals surface area contributed by atoms with Gasteiger partial charge in [0.15, 0.2) is 5.60 Å². The Morgan fingerprint density at radius 3 is 2.55 bits per heavy atom. The van der Waals surface area contributed by atoms with E-state index < -0.39 is 11.6 Å². The van der Waals surface area contributed by atoms with E-state index >= 15 is 0 Å². The van der Waals surface area contributed by atoms with Crippen LogP contribution in [-0.2, 0) is 16.0 Å². The molecule has 7 heteroatoms. The van der Waals surface area contributed by atoms with E-state index in [4.69, 9.17) is 21.4 Å². The molecule has 120 valence electrons. The number of hydrogen-bond donors (Lipinski definition) is 2. The van der Waals surface area contributed by atoms with Crippen LogP contribution in [0, 0.1) is 0 Å². The molecule has 0 aliphatic carbocycles. The number of benzene rings is 1. The fourth-order valence-corrected chi connectivity index (χ4v) is 2.74. The van der Waals surface area contributed by atoms with Gasteiger partial charge in [0.2, 0.25) is 5.91 Å². The average Bonchev–Trinajstić information content (AvgIpc) is 2.49. The number of carboxylic acid groups (broad SMARTS) is 1. The summed E-state index contributed by atoms with van der Waals surface area (Å²) in [5.41, 5.74) is -1.13. The smallest absolute Gasteiger partial charge is 0.335 e. The first-order chi connectivity index (χ1) is 10.4. The zero-order valence-electron chi connectivity index (χ0n) is 12.2. The molecule has 2 N–H and O–H groups in total. The third kappa shape index (κ3) is 3.34. The molecule has 0 spiro atoms. The molecule has 1 fully saturated rings. The summed E-state index contributed by atoms with van der Waals surface area (Å²) in [6, 6.07) is 5.16. The quantitative estimate of drug-likeness (QED) is 0.871. The Hall–Kier alpha value is -1.79. The Labute approximate surface area is 133 Å². The van der Waals surface area contributed by atoms with Crippen LogP contribution in [0.2, 0.25) is 5.02 Å². The van der Waals surface area contributed by atoms with Gasteiger partial charge in [0.1, 0.15) is 5.75 Å². The minimum absolute atomic E-state index is 0.0216. The number of methoxy groups -OCH3 is 1. The molecule has 2 rings (SSSR count). The number of hydrogen-bond acceptors (Lipinski definition) is 4. The van der Waals surface area contributed by atoms with Crippen LogP contribution in [0.1, 0.15) is 18.4 Å². The summed E-state index contributed by atoms with van der Waals surface area (Å²) >= 11 is 6.11. The molecule has 1 aliphatic rings. The standard InChI is InChI=1S/C15H18ClNO5/c1-22-12-4-2-3-11(16)10(12)9-13(18)17-7-5-15(21,6-8-17)14(19)20/h2-4,21H,5-9H2,1H3,(H,19,20). The normalized spacial score (nSPS) is 17.1. The molecule has 0 unspecified atom stereocenters. The van der Waals surface area contributed by atoms with E-state index in [9.17, 15) is 14.7 Å². The number of nitrogens with zero attached hydrogens (tertiary/aromatic N) is 1. The second kappa shape index (κ2) is 6.54. The Kier molecular flexibility index (Phi) is 4.93. The van der Waals surface area contributed by atoms with Crippen molar-refractivity contribution in [3.63, 3.8) is 0 Å². The molecule has 22 heavy (non-hydrogen) atoms. The monoisotopic (exact) mass is 327 g/mol. The molecule has 1 saturated heterocycles. The summed E-state index contributed by atoms with van der Waals surface area (Å²) in [6.07, 6.45) is 0.121. The molecule has 0 saturated carbocycles. The zero-order valence-corrected chi connectivity index (χ0v) is 13.0. The van der Waals surface area contributed by atoms with Crippen molar-refractivity contribution in [1.29, 1.82) is 0 Å². The van der Waals surface area contributed by atoms with Gasteiger partial charge in [-0.3, -0.25) is 4.79 Å². The van der Waals surface area contributed by atoms with Gasteiger partial charge < -0.3 is 19.8 Å². The number of carbonyl (C=O) groups excluding carboxylic acids is 1. The minimum atomic E-state index is -1.74. The van der Waals surface area contributed by atoms with Gasteiger partial charge in [-0.25, -0.2) is 4.79 Å². The number of likely N-dealkylation sites (tertiary alicyclic amines) is 1. The lowest BCUT2D eigenvalue weighted by atomic mass is 9.91. The number of amides is 1. The van der Waals surface area contributed by atoms with Crippen molar-refractivity contribution in [2.75, 3.05) is 20.2 Å². The van der Waals surface area contributed by atoms with E-state index in [1.165, 1.54) is 7.11 Å². The van der Waals surface area contributed by atoms with E-state index in [-0.39, 0.29) is 38.3 Å². The molecule has 1 heterocycles.